The van der Waals surface area contributed by atoms with Crippen LogP contribution in [0.2, 0.25) is 0 Å². The summed E-state index contributed by atoms with van der Waals surface area (Å²) in [6.45, 7) is 1.99. The van der Waals surface area contributed by atoms with Crippen LogP contribution in [-0.2, 0) is 0 Å². The molecule has 7 aromatic carbocycles. The lowest BCUT2D eigenvalue weighted by molar-refractivity contribution is 0.173. The van der Waals surface area contributed by atoms with Gasteiger partial charge in [-0.25, -0.2) is 0 Å². The van der Waals surface area contributed by atoms with Crippen molar-refractivity contribution in [3.05, 3.63) is 144 Å². The summed E-state index contributed by atoms with van der Waals surface area (Å²) in [6, 6.07) is 48.7. The molecule has 10 heteroatoms. The molecule has 11 aromatic rings. The molecule has 6 heterocycles. The summed E-state index contributed by atoms with van der Waals surface area (Å²) in [4.78, 5) is 4.91. The topological polar surface area (TPSA) is 43.4 Å². The van der Waals surface area contributed by atoms with Crippen LogP contribution in [0.15, 0.2) is 144 Å². The highest BCUT2D eigenvalue weighted by Crippen LogP contribution is 2.63. The Bertz CT molecular complexity index is 3370. The summed E-state index contributed by atoms with van der Waals surface area (Å²) in [5.41, 5.74) is 4.45. The normalized spacial score (nSPS) is 13.6. The molecule has 0 amide bonds. The second-order valence-corrected chi connectivity index (χ2v) is 18.7. The second kappa shape index (κ2) is 13.6. The summed E-state index contributed by atoms with van der Waals surface area (Å²) >= 11 is 6.97. The van der Waals surface area contributed by atoms with E-state index in [0.29, 0.717) is 26.4 Å². The zero-order valence-electron chi connectivity index (χ0n) is 31.8. The van der Waals surface area contributed by atoms with Crippen molar-refractivity contribution in [2.45, 2.75) is 0 Å². The molecule has 0 spiro atoms. The number of benzene rings is 7. The molecule has 60 heavy (non-hydrogen) atoms. The molecule has 4 aromatic heterocycles. The number of thiophene rings is 4. The lowest BCUT2D eigenvalue weighted by Crippen LogP contribution is -2.18. The fraction of sp³-hybridized carbons (Fsp3) is 0.0800. The Morgan fingerprint density at radius 3 is 1.37 bits per heavy atom. The lowest BCUT2D eigenvalue weighted by atomic mass is 10.0. The highest BCUT2D eigenvalue weighted by molar-refractivity contribution is 7.29. The van der Waals surface area contributed by atoms with Gasteiger partial charge in [-0.3, -0.25) is 4.90 Å². The van der Waals surface area contributed by atoms with Crippen molar-refractivity contribution in [3.63, 3.8) is 0 Å². The van der Waals surface area contributed by atoms with Crippen LogP contribution in [0.25, 0.3) is 61.9 Å². The van der Waals surface area contributed by atoms with Crippen LogP contribution in [0.1, 0.15) is 0 Å². The molecule has 290 valence electrons. The third kappa shape index (κ3) is 5.21. The Kier molecular flexibility index (Phi) is 7.84. The van der Waals surface area contributed by atoms with Gasteiger partial charge < -0.3 is 23.8 Å². The predicted octanol–water partition coefficient (Wildman–Crippen LogP) is 15.3. The van der Waals surface area contributed by atoms with E-state index < -0.39 is 0 Å². The Morgan fingerprint density at radius 1 is 0.417 bits per heavy atom. The van der Waals surface area contributed by atoms with Gasteiger partial charge in [0.25, 0.3) is 0 Å². The maximum absolute atomic E-state index is 6.51. The molecule has 2 aliphatic heterocycles. The summed E-state index contributed by atoms with van der Waals surface area (Å²) in [7, 11) is 0. The molecule has 2 aliphatic rings. The van der Waals surface area contributed by atoms with E-state index in [-0.39, 0.29) is 0 Å². The maximum atomic E-state index is 6.51. The molecular formula is C50H32N2O4S4. The van der Waals surface area contributed by atoms with Crippen molar-refractivity contribution >= 4 is 140 Å². The Labute approximate surface area is 360 Å². The third-order valence-corrected chi connectivity index (χ3v) is 15.7. The number of hydrogen-bond donors (Lipinski definition) is 0. The minimum atomic E-state index is 0.479. The van der Waals surface area contributed by atoms with Gasteiger partial charge in [0, 0.05) is 53.1 Å². The standard InChI is InChI=1S/C50H32N2O4S4/c1-3-11-31-25-33(19-17-29(31)9-1)51(34-20-18-30-10-2-4-12-32(30)26-34)43-41-35-13-5-7-15-39(35)60-48(41)44(42-36-14-6-8-16-40(36)59-47(42)43)52(49-45-37(27-57-49)53-21-23-55-45)50-46-38(28-58-50)54-22-24-56-46/h1-20,25-28H,21-24H2. The molecule has 0 atom stereocenters. The van der Waals surface area contributed by atoms with Crippen LogP contribution in [0.3, 0.4) is 0 Å². The fourth-order valence-electron chi connectivity index (χ4n) is 8.89. The van der Waals surface area contributed by atoms with Gasteiger partial charge in [0.1, 0.15) is 36.4 Å². The van der Waals surface area contributed by atoms with Gasteiger partial charge in [-0.15, -0.1) is 45.3 Å². The SMILES string of the molecule is c1ccc2cc(N(c3ccc4ccccc4c3)c3c4sc5ccccc5c4c(N(c4scc5c4OCCO5)c4scc5c4OCCO5)c4sc5ccccc5c34)ccc2c1. The summed E-state index contributed by atoms with van der Waals surface area (Å²) in [6.07, 6.45) is 0. The highest BCUT2D eigenvalue weighted by atomic mass is 32.1. The number of rotatable bonds is 6. The molecule has 0 fully saturated rings. The Balaban J connectivity index is 1.22. The molecule has 13 rings (SSSR count). The first-order chi connectivity index (χ1) is 29.8. The quantitative estimate of drug-likeness (QED) is 0.155. The van der Waals surface area contributed by atoms with Crippen molar-refractivity contribution in [2.24, 2.45) is 0 Å². The number of ether oxygens (including phenoxy) is 4. The zero-order valence-corrected chi connectivity index (χ0v) is 35.1. The molecule has 0 bridgehead atoms. The molecule has 0 radical (unpaired) electrons. The van der Waals surface area contributed by atoms with Gasteiger partial charge in [-0.1, -0.05) is 97.1 Å². The van der Waals surface area contributed by atoms with Gasteiger partial charge in [0.2, 0.25) is 0 Å². The summed E-state index contributed by atoms with van der Waals surface area (Å²) in [5.74, 6) is 3.04. The van der Waals surface area contributed by atoms with E-state index in [2.05, 4.69) is 154 Å². The summed E-state index contributed by atoms with van der Waals surface area (Å²) in [5, 5.41) is 15.6. The average molecular weight is 853 g/mol. The van der Waals surface area contributed by atoms with Gasteiger partial charge in [0.15, 0.2) is 23.0 Å². The first-order valence-electron chi connectivity index (χ1n) is 19.9. The van der Waals surface area contributed by atoms with E-state index in [1.165, 1.54) is 61.9 Å². The van der Waals surface area contributed by atoms with E-state index in [4.69, 9.17) is 18.9 Å². The third-order valence-electron chi connectivity index (χ3n) is 11.5. The first kappa shape index (κ1) is 34.6. The molecule has 0 aliphatic carbocycles. The highest BCUT2D eigenvalue weighted by Gasteiger charge is 2.36. The van der Waals surface area contributed by atoms with Gasteiger partial charge in [-0.2, -0.15) is 0 Å². The molecule has 0 saturated heterocycles. The van der Waals surface area contributed by atoms with Gasteiger partial charge in [0.05, 0.1) is 20.8 Å². The van der Waals surface area contributed by atoms with E-state index >= 15 is 0 Å². The van der Waals surface area contributed by atoms with Crippen LogP contribution < -0.4 is 28.7 Å². The molecular weight excluding hydrogens is 821 g/mol. The number of fused-ring (bicyclic) bond motifs is 10. The first-order valence-corrected chi connectivity index (χ1v) is 23.3. The maximum Gasteiger partial charge on any atom is 0.196 e. The zero-order chi connectivity index (χ0) is 39.3. The predicted molar refractivity (Wildman–Crippen MR) is 254 cm³/mol. The monoisotopic (exact) mass is 852 g/mol. The van der Waals surface area contributed by atoms with Crippen molar-refractivity contribution in [1.29, 1.82) is 0 Å². The summed E-state index contributed by atoms with van der Waals surface area (Å²) < 4.78 is 30.3. The van der Waals surface area contributed by atoms with E-state index in [9.17, 15) is 0 Å². The van der Waals surface area contributed by atoms with Crippen LogP contribution in [0.5, 0.6) is 23.0 Å². The minimum absolute atomic E-state index is 0.479. The fourth-order valence-corrected chi connectivity index (χ4v) is 13.3. The molecule has 0 unspecified atom stereocenters. The average Bonchev–Trinajstić information content (AvgIpc) is 4.11. The molecule has 0 saturated carbocycles. The smallest absolute Gasteiger partial charge is 0.196 e. The number of nitrogens with zero attached hydrogens (tertiary/aromatic N) is 2. The second-order valence-electron chi connectivity index (χ2n) is 14.9. The van der Waals surface area contributed by atoms with Crippen molar-refractivity contribution in [3.8, 4) is 23.0 Å². The Morgan fingerprint density at radius 2 is 0.850 bits per heavy atom. The van der Waals surface area contributed by atoms with E-state index in [0.717, 1.165) is 55.7 Å². The van der Waals surface area contributed by atoms with Crippen LogP contribution in [0.4, 0.5) is 32.8 Å². The van der Waals surface area contributed by atoms with Crippen molar-refractivity contribution in [2.75, 3.05) is 36.2 Å². The molecule has 0 N–H and O–H groups in total. The Hall–Kier alpha value is -6.30. The van der Waals surface area contributed by atoms with Gasteiger partial charge >= 0.3 is 0 Å². The van der Waals surface area contributed by atoms with Gasteiger partial charge in [-0.05, 0) is 57.9 Å². The van der Waals surface area contributed by atoms with Crippen molar-refractivity contribution < 1.29 is 18.9 Å². The molecule has 6 nitrogen and oxygen atoms in total. The number of anilines is 6. The van der Waals surface area contributed by atoms with Crippen LogP contribution in [-0.4, -0.2) is 26.4 Å². The minimum Gasteiger partial charge on any atom is -0.485 e. The van der Waals surface area contributed by atoms with Crippen LogP contribution >= 0.6 is 45.3 Å². The van der Waals surface area contributed by atoms with E-state index in [1.54, 1.807) is 22.7 Å². The lowest BCUT2D eigenvalue weighted by Gasteiger charge is -2.31. The largest absolute Gasteiger partial charge is 0.485 e. The van der Waals surface area contributed by atoms with Crippen LogP contribution in [0, 0.1) is 0 Å². The van der Waals surface area contributed by atoms with Crippen molar-refractivity contribution in [1.82, 2.24) is 0 Å². The number of hydrogen-bond acceptors (Lipinski definition) is 10. The van der Waals surface area contributed by atoms with E-state index in [1.807, 2.05) is 22.7 Å².